The summed E-state index contributed by atoms with van der Waals surface area (Å²) in [5.74, 6) is -2.46. The highest BCUT2D eigenvalue weighted by Gasteiger charge is 2.36. The van der Waals surface area contributed by atoms with Crippen LogP contribution in [-0.4, -0.2) is 49.2 Å². The minimum absolute atomic E-state index is 0.0742. The summed E-state index contributed by atoms with van der Waals surface area (Å²) in [5.41, 5.74) is -1.38. The number of carbonyl (C=O) groups excluding carboxylic acids is 2. The number of nitrogens with zero attached hydrogens (tertiary/aromatic N) is 1. The number of hydrogen-bond acceptors (Lipinski definition) is 4. The summed E-state index contributed by atoms with van der Waals surface area (Å²) in [4.78, 5) is 25.5. The maximum Gasteiger partial charge on any atom is 0.417 e. The van der Waals surface area contributed by atoms with Gasteiger partial charge in [0, 0.05) is 18.3 Å². The highest BCUT2D eigenvalue weighted by Crippen LogP contribution is 2.36. The minimum Gasteiger partial charge on any atom is -0.331 e. The molecule has 2 amide bonds. The number of nitrogens with one attached hydrogen (secondary N) is 1. The molecule has 0 saturated carbocycles. The molecular weight excluding hydrogens is 397 g/mol. The van der Waals surface area contributed by atoms with Crippen molar-refractivity contribution in [3.05, 3.63) is 28.8 Å². The van der Waals surface area contributed by atoms with Gasteiger partial charge in [0.25, 0.3) is 0 Å². The molecule has 1 heterocycles. The number of carbonyl (C=O) groups is 2. The molecule has 0 spiro atoms. The van der Waals surface area contributed by atoms with Crippen molar-refractivity contribution in [1.82, 2.24) is 4.90 Å². The number of rotatable bonds is 3. The van der Waals surface area contributed by atoms with Crippen molar-refractivity contribution in [3.63, 3.8) is 0 Å². The van der Waals surface area contributed by atoms with E-state index < -0.39 is 44.5 Å². The molecule has 1 aromatic rings. The lowest BCUT2D eigenvalue weighted by atomic mass is 10.2. The Kier molecular flexibility index (Phi) is 5.86. The molecule has 1 aliphatic rings. The largest absolute Gasteiger partial charge is 0.417 e. The molecule has 1 aromatic carbocycles. The van der Waals surface area contributed by atoms with Crippen molar-refractivity contribution in [3.8, 4) is 0 Å². The van der Waals surface area contributed by atoms with Crippen molar-refractivity contribution in [2.75, 3.05) is 23.4 Å². The fourth-order valence-electron chi connectivity index (χ4n) is 2.72. The number of hydrogen-bond donors (Lipinski definition) is 1. The summed E-state index contributed by atoms with van der Waals surface area (Å²) in [7, 11) is -3.26. The van der Waals surface area contributed by atoms with Crippen LogP contribution in [0.2, 0.25) is 5.02 Å². The monoisotopic (exact) mass is 412 g/mol. The summed E-state index contributed by atoms with van der Waals surface area (Å²) in [6.07, 6.45) is -4.50. The maximum atomic E-state index is 12.9. The fourth-order valence-corrected chi connectivity index (χ4v) is 4.68. The van der Waals surface area contributed by atoms with E-state index in [0.29, 0.717) is 6.07 Å². The second-order valence-electron chi connectivity index (χ2n) is 5.79. The van der Waals surface area contributed by atoms with E-state index in [9.17, 15) is 31.2 Å². The topological polar surface area (TPSA) is 83.6 Å². The first-order valence-corrected chi connectivity index (χ1v) is 9.83. The van der Waals surface area contributed by atoms with E-state index in [1.54, 1.807) is 6.92 Å². The summed E-state index contributed by atoms with van der Waals surface area (Å²) in [6, 6.07) is 2.10. The van der Waals surface area contributed by atoms with Crippen LogP contribution in [0, 0.1) is 0 Å². The third-order valence-electron chi connectivity index (χ3n) is 3.97. The second kappa shape index (κ2) is 7.43. The van der Waals surface area contributed by atoms with Gasteiger partial charge in [0.05, 0.1) is 22.1 Å². The predicted molar refractivity (Wildman–Crippen MR) is 89.5 cm³/mol. The van der Waals surface area contributed by atoms with Crippen LogP contribution in [0.4, 0.5) is 18.9 Å². The highest BCUT2D eigenvalue weighted by atomic mass is 35.5. The number of alkyl halides is 3. The average molecular weight is 413 g/mol. The zero-order valence-corrected chi connectivity index (χ0v) is 15.2. The van der Waals surface area contributed by atoms with Gasteiger partial charge < -0.3 is 10.2 Å². The molecule has 1 unspecified atom stereocenters. The van der Waals surface area contributed by atoms with Gasteiger partial charge in [-0.05, 0) is 31.5 Å². The fraction of sp³-hybridized carbons (Fsp3) is 0.467. The second-order valence-corrected chi connectivity index (χ2v) is 8.43. The third-order valence-corrected chi connectivity index (χ3v) is 6.05. The first-order chi connectivity index (χ1) is 11.9. The van der Waals surface area contributed by atoms with Gasteiger partial charge in [-0.3, -0.25) is 9.59 Å². The molecule has 2 rings (SSSR count). The van der Waals surface area contributed by atoms with Gasteiger partial charge >= 0.3 is 18.0 Å². The molecule has 0 aliphatic carbocycles. The van der Waals surface area contributed by atoms with Crippen LogP contribution < -0.4 is 5.32 Å². The molecule has 144 valence electrons. The molecule has 0 bridgehead atoms. The maximum absolute atomic E-state index is 12.9. The van der Waals surface area contributed by atoms with E-state index in [2.05, 4.69) is 5.32 Å². The van der Waals surface area contributed by atoms with Gasteiger partial charge in [0.2, 0.25) is 0 Å². The predicted octanol–water partition coefficient (Wildman–Crippen LogP) is 2.33. The standard InChI is InChI=1S/C15H16ClF3N2O4S/c1-2-21(10-5-6-26(24,25)8-10)14(23)13(22)20-9-3-4-12(16)11(7-9)15(17,18)19/h3-4,7,10H,2,5-6,8H2,1H3,(H,20,22). The first kappa shape index (κ1) is 20.5. The summed E-state index contributed by atoms with van der Waals surface area (Å²) >= 11 is 5.50. The molecule has 6 nitrogen and oxygen atoms in total. The van der Waals surface area contributed by atoms with Crippen molar-refractivity contribution in [2.24, 2.45) is 0 Å². The molecule has 26 heavy (non-hydrogen) atoms. The van der Waals surface area contributed by atoms with Crippen LogP contribution in [0.5, 0.6) is 0 Å². The summed E-state index contributed by atoms with van der Waals surface area (Å²) in [6.45, 7) is 1.68. The quantitative estimate of drug-likeness (QED) is 0.772. The lowest BCUT2D eigenvalue weighted by molar-refractivity contribution is -0.144. The SMILES string of the molecule is CCN(C(=O)C(=O)Nc1ccc(Cl)c(C(F)(F)F)c1)C1CCS(=O)(=O)C1. The molecule has 1 aliphatic heterocycles. The summed E-state index contributed by atoms with van der Waals surface area (Å²) in [5, 5.41) is 1.57. The zero-order chi connectivity index (χ0) is 19.7. The Morgan fingerprint density at radius 3 is 2.50 bits per heavy atom. The van der Waals surface area contributed by atoms with Crippen molar-refractivity contribution in [2.45, 2.75) is 25.6 Å². The third kappa shape index (κ3) is 4.67. The first-order valence-electron chi connectivity index (χ1n) is 7.63. The van der Waals surface area contributed by atoms with Crippen LogP contribution in [-0.2, 0) is 25.6 Å². The molecule has 0 radical (unpaired) electrons. The van der Waals surface area contributed by atoms with Gasteiger partial charge in [0.1, 0.15) is 0 Å². The highest BCUT2D eigenvalue weighted by molar-refractivity contribution is 7.91. The Bertz CT molecular complexity index is 827. The molecule has 1 N–H and O–H groups in total. The van der Waals surface area contributed by atoms with E-state index in [1.807, 2.05) is 0 Å². The zero-order valence-electron chi connectivity index (χ0n) is 13.6. The molecular formula is C15H16ClF3N2O4S. The number of sulfone groups is 1. The number of likely N-dealkylation sites (N-methyl/N-ethyl adjacent to an activating group) is 1. The normalized spacial score (nSPS) is 19.2. The van der Waals surface area contributed by atoms with Gasteiger partial charge in [-0.1, -0.05) is 11.6 Å². The van der Waals surface area contributed by atoms with Crippen molar-refractivity contribution < 1.29 is 31.2 Å². The van der Waals surface area contributed by atoms with E-state index >= 15 is 0 Å². The van der Waals surface area contributed by atoms with Crippen molar-refractivity contribution >= 4 is 38.9 Å². The number of halogens is 4. The molecule has 1 atom stereocenters. The Hall–Kier alpha value is -1.81. The molecule has 1 saturated heterocycles. The average Bonchev–Trinajstić information content (AvgIpc) is 2.88. The smallest absolute Gasteiger partial charge is 0.331 e. The van der Waals surface area contributed by atoms with Crippen LogP contribution in [0.3, 0.4) is 0 Å². The van der Waals surface area contributed by atoms with Gasteiger partial charge in [-0.15, -0.1) is 0 Å². The number of anilines is 1. The van der Waals surface area contributed by atoms with E-state index in [4.69, 9.17) is 11.6 Å². The summed E-state index contributed by atoms with van der Waals surface area (Å²) < 4.78 is 61.7. The van der Waals surface area contributed by atoms with Gasteiger partial charge in [-0.2, -0.15) is 13.2 Å². The Morgan fingerprint density at radius 1 is 1.35 bits per heavy atom. The van der Waals surface area contributed by atoms with Crippen LogP contribution in [0.25, 0.3) is 0 Å². The van der Waals surface area contributed by atoms with E-state index in [1.165, 1.54) is 0 Å². The van der Waals surface area contributed by atoms with Gasteiger partial charge in [-0.25, -0.2) is 8.42 Å². The number of amides is 2. The van der Waals surface area contributed by atoms with Crippen LogP contribution in [0.1, 0.15) is 18.9 Å². The Morgan fingerprint density at radius 2 is 2.00 bits per heavy atom. The molecule has 11 heteroatoms. The Labute approximate surface area is 153 Å². The van der Waals surface area contributed by atoms with Crippen molar-refractivity contribution in [1.29, 1.82) is 0 Å². The van der Waals surface area contributed by atoms with Gasteiger partial charge in [0.15, 0.2) is 9.84 Å². The number of benzene rings is 1. The lowest BCUT2D eigenvalue weighted by Crippen LogP contribution is -2.46. The molecule has 0 aromatic heterocycles. The Balaban J connectivity index is 2.15. The van der Waals surface area contributed by atoms with Crippen LogP contribution in [0.15, 0.2) is 18.2 Å². The molecule has 1 fully saturated rings. The lowest BCUT2D eigenvalue weighted by Gasteiger charge is -2.26. The van der Waals surface area contributed by atoms with Crippen LogP contribution >= 0.6 is 11.6 Å². The minimum atomic E-state index is -4.71. The van der Waals surface area contributed by atoms with E-state index in [-0.39, 0.29) is 30.2 Å². The van der Waals surface area contributed by atoms with E-state index in [0.717, 1.165) is 17.0 Å².